The fourth-order valence-corrected chi connectivity index (χ4v) is 7.74. The highest BCUT2D eigenvalue weighted by Crippen LogP contribution is 2.37. The Bertz CT molecular complexity index is 1950. The molecule has 0 radical (unpaired) electrons. The smallest absolute Gasteiger partial charge is 0.408 e. The normalized spacial score (nSPS) is 12.5. The van der Waals surface area contributed by atoms with Crippen LogP contribution < -0.4 is 21.7 Å². The molecule has 18 heteroatoms. The molecule has 2 unspecified atom stereocenters. The first-order valence-corrected chi connectivity index (χ1v) is 20.4. The van der Waals surface area contributed by atoms with Gasteiger partial charge >= 0.3 is 18.0 Å². The number of carboxylic acid groups (broad SMARTS) is 2. The number of hydrogen-bond acceptors (Lipinski definition) is 11. The molecular weight excluding hydrogens is 830 g/mol. The highest BCUT2D eigenvalue weighted by Gasteiger charge is 2.25. The molecule has 0 saturated carbocycles. The van der Waals surface area contributed by atoms with Crippen LogP contribution in [-0.2, 0) is 27.2 Å². The first-order valence-electron chi connectivity index (χ1n) is 17.2. The van der Waals surface area contributed by atoms with Crippen molar-refractivity contribution in [2.24, 2.45) is 17.6 Å². The SMILES string of the molecule is CC(C)Cc1sc(NCC(N)C(=O)O)nc1-c1ccc(Cl)c(Cl)c1.CC(C)Cc1sc(NCC(NC(=O)OC(C)(C)C)C(=O)O)nc1-c1ccc(Cl)c(Cl)c1. The van der Waals surface area contributed by atoms with Crippen molar-refractivity contribution in [2.45, 2.75) is 79.0 Å². The van der Waals surface area contributed by atoms with Crippen LogP contribution in [0, 0.1) is 11.8 Å². The number of aliphatic carboxylic acids is 2. The lowest BCUT2D eigenvalue weighted by molar-refractivity contribution is -0.139. The lowest BCUT2D eigenvalue weighted by Crippen LogP contribution is -2.47. The third kappa shape index (κ3) is 14.9. The summed E-state index contributed by atoms with van der Waals surface area (Å²) in [4.78, 5) is 45.7. The molecule has 4 aromatic rings. The van der Waals surface area contributed by atoms with Crippen molar-refractivity contribution in [3.05, 3.63) is 66.2 Å². The van der Waals surface area contributed by atoms with Gasteiger partial charge in [0.25, 0.3) is 0 Å². The summed E-state index contributed by atoms with van der Waals surface area (Å²) < 4.78 is 5.14. The van der Waals surface area contributed by atoms with Gasteiger partial charge in [-0.2, -0.15) is 0 Å². The summed E-state index contributed by atoms with van der Waals surface area (Å²) in [5.74, 6) is -1.37. The molecule has 2 atom stereocenters. The van der Waals surface area contributed by atoms with E-state index in [2.05, 4.69) is 53.6 Å². The molecule has 7 N–H and O–H groups in total. The van der Waals surface area contributed by atoms with Gasteiger partial charge in [0.05, 0.1) is 31.5 Å². The standard InChI is InChI=1S/C21H27Cl2N3O4S.C16H19Cl2N3O2S/c1-11(2)8-16-17(12-6-7-13(22)14(23)9-12)26-19(31-16)24-10-15(18(27)28)25-20(29)30-21(3,4)5;1-8(2)5-13-14(9-3-4-10(17)11(18)6-9)21-16(24-13)20-7-12(19)15(22)23/h6-7,9,11,15H,8,10H2,1-5H3,(H,24,26)(H,25,29)(H,27,28);3-4,6,8,12H,5,7,19H2,1-2H3,(H,20,21)(H,22,23). The number of carbonyl (C=O) groups excluding carboxylic acids is 1. The van der Waals surface area contributed by atoms with Gasteiger partial charge < -0.3 is 36.6 Å². The third-order valence-electron chi connectivity index (χ3n) is 7.20. The summed E-state index contributed by atoms with van der Waals surface area (Å²) in [6, 6.07) is 8.57. The maximum Gasteiger partial charge on any atom is 0.408 e. The first-order chi connectivity index (χ1) is 25.6. The molecule has 0 aliphatic carbocycles. The van der Waals surface area contributed by atoms with Crippen LogP contribution in [-0.4, -0.2) is 69.0 Å². The van der Waals surface area contributed by atoms with E-state index in [1.54, 1.807) is 45.0 Å². The maximum absolute atomic E-state index is 11.9. The second-order valence-electron chi connectivity index (χ2n) is 14.3. The van der Waals surface area contributed by atoms with Crippen LogP contribution in [0.3, 0.4) is 0 Å². The summed E-state index contributed by atoms with van der Waals surface area (Å²) in [6.07, 6.45) is 0.866. The summed E-state index contributed by atoms with van der Waals surface area (Å²) in [5.41, 5.74) is 8.11. The molecule has 0 fully saturated rings. The number of aromatic nitrogens is 2. The number of carboxylic acids is 2. The predicted octanol–water partition coefficient (Wildman–Crippen LogP) is 9.84. The van der Waals surface area contributed by atoms with E-state index in [4.69, 9.17) is 62.0 Å². The lowest BCUT2D eigenvalue weighted by Gasteiger charge is -2.22. The summed E-state index contributed by atoms with van der Waals surface area (Å²) in [6.45, 7) is 13.7. The van der Waals surface area contributed by atoms with Gasteiger partial charge in [0, 0.05) is 34.0 Å². The molecule has 0 bridgehead atoms. The van der Waals surface area contributed by atoms with E-state index in [9.17, 15) is 19.5 Å². The molecule has 12 nitrogen and oxygen atoms in total. The largest absolute Gasteiger partial charge is 0.480 e. The first kappa shape index (κ1) is 46.0. The molecular formula is C37H46Cl4N6O6S2. The minimum Gasteiger partial charge on any atom is -0.480 e. The fourth-order valence-electron chi connectivity index (χ4n) is 4.73. The minimum atomic E-state index is -1.18. The minimum absolute atomic E-state index is 0.0516. The van der Waals surface area contributed by atoms with Crippen LogP contribution in [0.5, 0.6) is 0 Å². The zero-order chi connectivity index (χ0) is 41.2. The monoisotopic (exact) mass is 874 g/mol. The van der Waals surface area contributed by atoms with Crippen LogP contribution in [0.1, 0.15) is 58.2 Å². The number of rotatable bonds is 15. The molecule has 0 spiro atoms. The van der Waals surface area contributed by atoms with E-state index in [0.29, 0.717) is 42.2 Å². The predicted molar refractivity (Wildman–Crippen MR) is 226 cm³/mol. The average molecular weight is 877 g/mol. The molecule has 0 aliphatic heterocycles. The van der Waals surface area contributed by atoms with E-state index in [0.717, 1.165) is 45.1 Å². The number of anilines is 2. The highest BCUT2D eigenvalue weighted by atomic mass is 35.5. The molecule has 55 heavy (non-hydrogen) atoms. The molecule has 300 valence electrons. The number of benzene rings is 2. The molecule has 0 saturated heterocycles. The number of nitrogens with two attached hydrogens (primary N) is 1. The number of thiazole rings is 2. The topological polar surface area (TPSA) is 189 Å². The summed E-state index contributed by atoms with van der Waals surface area (Å²) in [5, 5.41) is 29.8. The van der Waals surface area contributed by atoms with Gasteiger partial charge in [0.15, 0.2) is 10.3 Å². The quantitative estimate of drug-likeness (QED) is 0.0667. The van der Waals surface area contributed by atoms with Crippen molar-refractivity contribution < 1.29 is 29.3 Å². The van der Waals surface area contributed by atoms with Crippen LogP contribution in [0.4, 0.5) is 15.1 Å². The van der Waals surface area contributed by atoms with E-state index in [1.165, 1.54) is 22.7 Å². The van der Waals surface area contributed by atoms with E-state index in [1.807, 2.05) is 12.1 Å². The van der Waals surface area contributed by atoms with Gasteiger partial charge in [-0.1, -0.05) is 86.2 Å². The Labute approximate surface area is 349 Å². The Morgan fingerprint density at radius 1 is 0.745 bits per heavy atom. The maximum atomic E-state index is 11.9. The molecule has 2 aromatic carbocycles. The van der Waals surface area contributed by atoms with E-state index >= 15 is 0 Å². The zero-order valence-electron chi connectivity index (χ0n) is 31.4. The molecule has 4 rings (SSSR count). The van der Waals surface area contributed by atoms with Crippen molar-refractivity contribution >= 4 is 97.4 Å². The Kier molecular flexibility index (Phi) is 17.3. The van der Waals surface area contributed by atoms with Gasteiger partial charge in [-0.05, 0) is 69.7 Å². The van der Waals surface area contributed by atoms with Gasteiger partial charge in [0.2, 0.25) is 0 Å². The van der Waals surface area contributed by atoms with Crippen molar-refractivity contribution in [3.63, 3.8) is 0 Å². The van der Waals surface area contributed by atoms with Gasteiger partial charge in [0.1, 0.15) is 17.7 Å². The van der Waals surface area contributed by atoms with Crippen LogP contribution in [0.15, 0.2) is 36.4 Å². The van der Waals surface area contributed by atoms with Crippen LogP contribution in [0.2, 0.25) is 20.1 Å². The highest BCUT2D eigenvalue weighted by molar-refractivity contribution is 7.16. The number of ether oxygens (including phenoxy) is 1. The van der Waals surface area contributed by atoms with Gasteiger partial charge in [-0.25, -0.2) is 19.6 Å². The van der Waals surface area contributed by atoms with Crippen molar-refractivity contribution in [1.82, 2.24) is 15.3 Å². The van der Waals surface area contributed by atoms with Crippen molar-refractivity contribution in [1.29, 1.82) is 0 Å². The Hall–Kier alpha value is -3.37. The van der Waals surface area contributed by atoms with Gasteiger partial charge in [-0.15, -0.1) is 22.7 Å². The summed E-state index contributed by atoms with van der Waals surface area (Å²) in [7, 11) is 0. The Balaban J connectivity index is 0.000000305. The average Bonchev–Trinajstić information content (AvgIpc) is 3.66. The fraction of sp³-hybridized carbons (Fsp3) is 0.432. The zero-order valence-corrected chi connectivity index (χ0v) is 36.1. The molecule has 0 aliphatic rings. The Morgan fingerprint density at radius 2 is 1.18 bits per heavy atom. The van der Waals surface area contributed by atoms with Crippen molar-refractivity contribution in [2.75, 3.05) is 23.7 Å². The second kappa shape index (κ2) is 20.7. The number of amides is 1. The number of carbonyl (C=O) groups is 3. The van der Waals surface area contributed by atoms with E-state index < -0.39 is 35.7 Å². The number of nitrogens with one attached hydrogen (secondary N) is 3. The number of halogens is 4. The second-order valence-corrected chi connectivity index (χ2v) is 18.1. The van der Waals surface area contributed by atoms with Gasteiger partial charge in [-0.3, -0.25) is 4.79 Å². The van der Waals surface area contributed by atoms with Crippen molar-refractivity contribution in [3.8, 4) is 22.5 Å². The lowest BCUT2D eigenvalue weighted by atomic mass is 10.0. The Morgan fingerprint density at radius 3 is 1.55 bits per heavy atom. The third-order valence-corrected chi connectivity index (χ3v) is 10.8. The number of hydrogen-bond donors (Lipinski definition) is 6. The van der Waals surface area contributed by atoms with Crippen LogP contribution in [0.25, 0.3) is 22.5 Å². The molecule has 1 amide bonds. The number of nitrogens with zero attached hydrogens (tertiary/aromatic N) is 2. The van der Waals surface area contributed by atoms with E-state index in [-0.39, 0.29) is 13.1 Å². The van der Waals surface area contributed by atoms with Crippen LogP contribution >= 0.6 is 69.1 Å². The molecule has 2 heterocycles. The summed E-state index contributed by atoms with van der Waals surface area (Å²) >= 11 is 27.2. The molecule has 2 aromatic heterocycles. The number of alkyl carbamates (subject to hydrolysis) is 1.